The van der Waals surface area contributed by atoms with Gasteiger partial charge in [-0.15, -0.1) is 0 Å². The molecule has 1 aliphatic heterocycles. The molecule has 3 heterocycles. The minimum absolute atomic E-state index is 0.0236. The predicted octanol–water partition coefficient (Wildman–Crippen LogP) is 3.02. The second-order valence-electron chi connectivity index (χ2n) is 6.26. The Kier molecular flexibility index (Phi) is 5.17. The normalized spacial score (nSPS) is 19.2. The Balaban J connectivity index is 1.81. The van der Waals surface area contributed by atoms with Crippen molar-refractivity contribution < 1.29 is 9.32 Å². The first-order valence-corrected chi connectivity index (χ1v) is 8.62. The molecule has 1 saturated heterocycles. The molecular formula is C17H23N5O2. The zero-order chi connectivity index (χ0) is 16.9. The maximum atomic E-state index is 12.8. The highest BCUT2D eigenvalue weighted by Gasteiger charge is 2.34. The summed E-state index contributed by atoms with van der Waals surface area (Å²) in [5.41, 5.74) is 0. The van der Waals surface area contributed by atoms with E-state index in [2.05, 4.69) is 27.0 Å². The highest BCUT2D eigenvalue weighted by Crippen LogP contribution is 2.32. The van der Waals surface area contributed by atoms with E-state index in [1.165, 1.54) is 0 Å². The van der Waals surface area contributed by atoms with Crippen LogP contribution in [0.1, 0.15) is 57.9 Å². The molecule has 24 heavy (non-hydrogen) atoms. The summed E-state index contributed by atoms with van der Waals surface area (Å²) in [4.78, 5) is 27.4. The molecule has 0 spiro atoms. The van der Waals surface area contributed by atoms with Gasteiger partial charge in [0.2, 0.25) is 23.4 Å². The van der Waals surface area contributed by atoms with Gasteiger partial charge in [-0.3, -0.25) is 4.79 Å². The van der Waals surface area contributed by atoms with Gasteiger partial charge >= 0.3 is 0 Å². The van der Waals surface area contributed by atoms with Crippen LogP contribution in [0.25, 0.3) is 11.6 Å². The first-order valence-electron chi connectivity index (χ1n) is 8.62. The average molecular weight is 329 g/mol. The van der Waals surface area contributed by atoms with Crippen LogP contribution >= 0.6 is 0 Å². The van der Waals surface area contributed by atoms with E-state index in [9.17, 15) is 4.79 Å². The first kappa shape index (κ1) is 16.5. The summed E-state index contributed by atoms with van der Waals surface area (Å²) in [5, 5.41) is 3.99. The number of likely N-dealkylation sites (tertiary alicyclic amines) is 1. The molecule has 1 aliphatic rings. The molecule has 2 atom stereocenters. The van der Waals surface area contributed by atoms with E-state index in [-0.39, 0.29) is 17.9 Å². The van der Waals surface area contributed by atoms with Gasteiger partial charge in [0.15, 0.2) is 0 Å². The Morgan fingerprint density at radius 2 is 2.12 bits per heavy atom. The molecule has 0 unspecified atom stereocenters. The van der Waals surface area contributed by atoms with Gasteiger partial charge in [-0.1, -0.05) is 25.4 Å². The zero-order valence-corrected chi connectivity index (χ0v) is 14.2. The van der Waals surface area contributed by atoms with E-state index in [0.717, 1.165) is 38.6 Å². The van der Waals surface area contributed by atoms with Crippen LogP contribution in [0.15, 0.2) is 23.0 Å². The topological polar surface area (TPSA) is 85.0 Å². The zero-order valence-electron chi connectivity index (χ0n) is 14.2. The van der Waals surface area contributed by atoms with Crippen LogP contribution in [0.3, 0.4) is 0 Å². The average Bonchev–Trinajstić information content (AvgIpc) is 3.12. The van der Waals surface area contributed by atoms with Gasteiger partial charge in [0.05, 0.1) is 0 Å². The van der Waals surface area contributed by atoms with E-state index in [4.69, 9.17) is 4.52 Å². The monoisotopic (exact) mass is 329 g/mol. The molecule has 1 fully saturated rings. The van der Waals surface area contributed by atoms with Crippen molar-refractivity contribution in [3.8, 4) is 11.6 Å². The van der Waals surface area contributed by atoms with Crippen LogP contribution < -0.4 is 0 Å². The number of aromatic nitrogens is 4. The number of rotatable bonds is 5. The Labute approximate surface area is 141 Å². The largest absolute Gasteiger partial charge is 0.337 e. The van der Waals surface area contributed by atoms with E-state index >= 15 is 0 Å². The smallest absolute Gasteiger partial charge is 0.249 e. The van der Waals surface area contributed by atoms with Gasteiger partial charge in [0.25, 0.3) is 0 Å². The van der Waals surface area contributed by atoms with Crippen LogP contribution in [0.5, 0.6) is 0 Å². The Hall–Kier alpha value is -2.31. The number of carbonyl (C=O) groups excluding carboxylic acids is 1. The Bertz CT molecular complexity index is 673. The molecule has 1 amide bonds. The number of nitrogens with zero attached hydrogens (tertiary/aromatic N) is 5. The third-order valence-corrected chi connectivity index (χ3v) is 4.42. The van der Waals surface area contributed by atoms with E-state index in [0.29, 0.717) is 17.5 Å². The molecule has 3 rings (SSSR count). The quantitative estimate of drug-likeness (QED) is 0.838. The fraction of sp³-hybridized carbons (Fsp3) is 0.588. The summed E-state index contributed by atoms with van der Waals surface area (Å²) in [5.74, 6) is 1.48. The summed E-state index contributed by atoms with van der Waals surface area (Å²) >= 11 is 0. The van der Waals surface area contributed by atoms with Crippen LogP contribution in [-0.4, -0.2) is 37.5 Å². The molecular weight excluding hydrogens is 306 g/mol. The molecule has 0 radical (unpaired) electrons. The predicted molar refractivity (Wildman–Crippen MR) is 87.7 cm³/mol. The molecule has 0 saturated carbocycles. The second-order valence-corrected chi connectivity index (χ2v) is 6.26. The molecule has 0 N–H and O–H groups in total. The maximum Gasteiger partial charge on any atom is 0.249 e. The number of carbonyl (C=O) groups is 1. The fourth-order valence-corrected chi connectivity index (χ4v) is 3.17. The maximum absolute atomic E-state index is 12.8. The highest BCUT2D eigenvalue weighted by molar-refractivity contribution is 5.79. The van der Waals surface area contributed by atoms with Gasteiger partial charge in [0, 0.05) is 24.9 Å². The lowest BCUT2D eigenvalue weighted by atomic mass is 9.97. The standard InChI is InChI=1S/C17H23N5O2/c1-3-7-12(2)17(23)22-11-5-4-8-13(22)16-20-15(21-24-16)14-18-9-6-10-19-14/h6,9-10,12-13H,3-5,7-8,11H2,1-2H3/t12-,13-/m1/s1. The molecule has 2 aromatic heterocycles. The third kappa shape index (κ3) is 3.44. The van der Waals surface area contributed by atoms with Crippen LogP contribution in [0.2, 0.25) is 0 Å². The lowest BCUT2D eigenvalue weighted by Crippen LogP contribution is -2.41. The molecule has 7 nitrogen and oxygen atoms in total. The van der Waals surface area contributed by atoms with Crippen molar-refractivity contribution >= 4 is 5.91 Å². The second kappa shape index (κ2) is 7.51. The summed E-state index contributed by atoms with van der Waals surface area (Å²) in [7, 11) is 0. The van der Waals surface area contributed by atoms with Crippen LogP contribution in [-0.2, 0) is 4.79 Å². The summed E-state index contributed by atoms with van der Waals surface area (Å²) < 4.78 is 5.44. The minimum Gasteiger partial charge on any atom is -0.337 e. The first-order chi connectivity index (χ1) is 11.7. The lowest BCUT2D eigenvalue weighted by molar-refractivity contribution is -0.139. The summed E-state index contributed by atoms with van der Waals surface area (Å²) in [6.07, 6.45) is 8.10. The number of piperidine rings is 1. The van der Waals surface area contributed by atoms with E-state index in [1.54, 1.807) is 18.5 Å². The van der Waals surface area contributed by atoms with E-state index < -0.39 is 0 Å². The van der Waals surface area contributed by atoms with Gasteiger partial charge in [-0.2, -0.15) is 4.98 Å². The van der Waals surface area contributed by atoms with Crippen molar-refractivity contribution in [1.29, 1.82) is 0 Å². The van der Waals surface area contributed by atoms with Crippen molar-refractivity contribution in [2.24, 2.45) is 5.92 Å². The molecule has 128 valence electrons. The summed E-state index contributed by atoms with van der Waals surface area (Å²) in [6.45, 7) is 4.84. The Morgan fingerprint density at radius 1 is 1.33 bits per heavy atom. The number of amides is 1. The van der Waals surface area contributed by atoms with Crippen LogP contribution in [0.4, 0.5) is 0 Å². The van der Waals surface area contributed by atoms with Crippen LogP contribution in [0, 0.1) is 5.92 Å². The molecule has 0 aromatic carbocycles. The third-order valence-electron chi connectivity index (χ3n) is 4.42. The minimum atomic E-state index is -0.143. The highest BCUT2D eigenvalue weighted by atomic mass is 16.5. The van der Waals surface area contributed by atoms with Crippen molar-refractivity contribution in [3.05, 3.63) is 24.4 Å². The molecule has 0 bridgehead atoms. The lowest BCUT2D eigenvalue weighted by Gasteiger charge is -2.35. The molecule has 2 aromatic rings. The van der Waals surface area contributed by atoms with Crippen molar-refractivity contribution in [2.45, 2.75) is 52.0 Å². The Morgan fingerprint density at radius 3 is 2.88 bits per heavy atom. The number of hydrogen-bond acceptors (Lipinski definition) is 6. The van der Waals surface area contributed by atoms with Gasteiger partial charge in [0.1, 0.15) is 6.04 Å². The van der Waals surface area contributed by atoms with Gasteiger partial charge in [-0.05, 0) is 31.7 Å². The van der Waals surface area contributed by atoms with Gasteiger partial charge < -0.3 is 9.42 Å². The molecule has 0 aliphatic carbocycles. The summed E-state index contributed by atoms with van der Waals surface area (Å²) in [6, 6.07) is 1.59. The SMILES string of the molecule is CCC[C@@H](C)C(=O)N1CCCC[C@@H]1c1nc(-c2ncccn2)no1. The van der Waals surface area contributed by atoms with E-state index in [1.807, 2.05) is 11.8 Å². The van der Waals surface area contributed by atoms with Crippen molar-refractivity contribution in [1.82, 2.24) is 25.0 Å². The number of hydrogen-bond donors (Lipinski definition) is 0. The van der Waals surface area contributed by atoms with Crippen molar-refractivity contribution in [2.75, 3.05) is 6.54 Å². The molecule has 7 heteroatoms. The van der Waals surface area contributed by atoms with Gasteiger partial charge in [-0.25, -0.2) is 9.97 Å². The van der Waals surface area contributed by atoms with Crippen molar-refractivity contribution in [3.63, 3.8) is 0 Å². The fourth-order valence-electron chi connectivity index (χ4n) is 3.17.